The van der Waals surface area contributed by atoms with Crippen molar-refractivity contribution < 1.29 is 4.52 Å². The molecule has 1 N–H and O–H groups in total. The number of H-pyrrole nitrogens is 1. The van der Waals surface area contributed by atoms with Gasteiger partial charge in [0.1, 0.15) is 11.2 Å². The molecule has 0 aromatic carbocycles. The van der Waals surface area contributed by atoms with Gasteiger partial charge in [-0.15, -0.1) is 0 Å². The van der Waals surface area contributed by atoms with Crippen molar-refractivity contribution in [1.29, 1.82) is 0 Å². The van der Waals surface area contributed by atoms with Crippen LogP contribution in [0.1, 0.15) is 45.6 Å². The number of aromatic amines is 1. The fraction of sp³-hybridized carbons (Fsp3) is 0.583. The highest BCUT2D eigenvalue weighted by molar-refractivity contribution is 5.74. The fourth-order valence-electron chi connectivity index (χ4n) is 1.68. The normalized spacial score (nSPS) is 12.2. The fourth-order valence-corrected chi connectivity index (χ4v) is 1.68. The van der Waals surface area contributed by atoms with Crippen LogP contribution in [0, 0.1) is 0 Å². The topological polar surface area (TPSA) is 71.8 Å². The van der Waals surface area contributed by atoms with E-state index >= 15 is 0 Å². The number of rotatable bonds is 2. The van der Waals surface area contributed by atoms with E-state index in [1.165, 1.54) is 0 Å². The van der Waals surface area contributed by atoms with E-state index in [0.717, 1.165) is 12.8 Å². The Morgan fingerprint density at radius 3 is 2.65 bits per heavy atom. The van der Waals surface area contributed by atoms with Crippen molar-refractivity contribution in [3.05, 3.63) is 21.9 Å². The lowest BCUT2D eigenvalue weighted by Gasteiger charge is -2.15. The number of nitrogens with one attached hydrogen (secondary N) is 1. The maximum Gasteiger partial charge on any atom is 0.265 e. The summed E-state index contributed by atoms with van der Waals surface area (Å²) >= 11 is 0. The molecule has 2 heterocycles. The highest BCUT2D eigenvalue weighted by atomic mass is 16.5. The summed E-state index contributed by atoms with van der Waals surface area (Å²) in [4.78, 5) is 19.1. The Labute approximate surface area is 99.2 Å². The van der Waals surface area contributed by atoms with Crippen LogP contribution in [0.4, 0.5) is 0 Å². The van der Waals surface area contributed by atoms with Crippen LogP contribution < -0.4 is 5.56 Å². The van der Waals surface area contributed by atoms with Crippen molar-refractivity contribution in [1.82, 2.24) is 15.1 Å². The second kappa shape index (κ2) is 3.98. The van der Waals surface area contributed by atoms with Gasteiger partial charge in [-0.25, -0.2) is 0 Å². The van der Waals surface area contributed by atoms with Gasteiger partial charge in [-0.05, 0) is 6.42 Å². The van der Waals surface area contributed by atoms with Gasteiger partial charge in [0, 0.05) is 5.41 Å². The molecule has 17 heavy (non-hydrogen) atoms. The highest BCUT2D eigenvalue weighted by Gasteiger charge is 2.21. The second-order valence-electron chi connectivity index (χ2n) is 5.22. The van der Waals surface area contributed by atoms with E-state index in [9.17, 15) is 4.79 Å². The first kappa shape index (κ1) is 11.8. The van der Waals surface area contributed by atoms with Gasteiger partial charge in [0.25, 0.3) is 11.3 Å². The number of hydrogen-bond acceptors (Lipinski definition) is 4. The van der Waals surface area contributed by atoms with Gasteiger partial charge < -0.3 is 9.51 Å². The average molecular weight is 235 g/mol. The Morgan fingerprint density at radius 2 is 2.06 bits per heavy atom. The third kappa shape index (κ3) is 2.09. The lowest BCUT2D eigenvalue weighted by molar-refractivity contribution is 0.433. The maximum atomic E-state index is 12.0. The molecule has 2 aromatic rings. The standard InChI is InChI=1S/C12H17N3O2/c1-5-6-7-8-9(16)13-11(12(2,3)4)14-10(8)17-15-7/h5-6H2,1-4H3,(H,13,14,16). The zero-order valence-corrected chi connectivity index (χ0v) is 10.6. The summed E-state index contributed by atoms with van der Waals surface area (Å²) in [7, 11) is 0. The second-order valence-corrected chi connectivity index (χ2v) is 5.22. The Morgan fingerprint density at radius 1 is 1.35 bits per heavy atom. The third-order valence-corrected chi connectivity index (χ3v) is 2.61. The van der Waals surface area contributed by atoms with Crippen LogP contribution in [-0.2, 0) is 11.8 Å². The minimum Gasteiger partial charge on any atom is -0.335 e. The van der Waals surface area contributed by atoms with E-state index in [2.05, 4.69) is 15.1 Å². The van der Waals surface area contributed by atoms with E-state index in [1.54, 1.807) is 0 Å². The number of aryl methyl sites for hydroxylation is 1. The Bertz CT molecular complexity index is 590. The molecular formula is C12H17N3O2. The molecular weight excluding hydrogens is 218 g/mol. The van der Waals surface area contributed by atoms with E-state index in [0.29, 0.717) is 22.6 Å². The first-order chi connectivity index (χ1) is 7.93. The van der Waals surface area contributed by atoms with Crippen LogP contribution in [0.3, 0.4) is 0 Å². The third-order valence-electron chi connectivity index (χ3n) is 2.61. The van der Waals surface area contributed by atoms with Crippen molar-refractivity contribution in [3.8, 4) is 0 Å². The Hall–Kier alpha value is -1.65. The van der Waals surface area contributed by atoms with Gasteiger partial charge in [-0.3, -0.25) is 4.79 Å². The number of fused-ring (bicyclic) bond motifs is 1. The summed E-state index contributed by atoms with van der Waals surface area (Å²) in [6.45, 7) is 7.99. The minimum atomic E-state index is -0.217. The predicted octanol–water partition coefficient (Wildman–Crippen LogP) is 2.16. The predicted molar refractivity (Wildman–Crippen MR) is 65.1 cm³/mol. The zero-order chi connectivity index (χ0) is 12.6. The molecule has 0 aliphatic heterocycles. The summed E-state index contributed by atoms with van der Waals surface area (Å²) in [5.74, 6) is 0.620. The van der Waals surface area contributed by atoms with Gasteiger partial charge in [0.05, 0.1) is 5.69 Å². The molecule has 0 saturated heterocycles. The van der Waals surface area contributed by atoms with E-state index in [1.807, 2.05) is 27.7 Å². The van der Waals surface area contributed by atoms with Gasteiger partial charge in [0.15, 0.2) is 0 Å². The van der Waals surface area contributed by atoms with E-state index < -0.39 is 0 Å². The maximum absolute atomic E-state index is 12.0. The van der Waals surface area contributed by atoms with Gasteiger partial charge in [0.2, 0.25) is 0 Å². The average Bonchev–Trinajstić information content (AvgIpc) is 2.61. The summed E-state index contributed by atoms with van der Waals surface area (Å²) < 4.78 is 5.14. The summed E-state index contributed by atoms with van der Waals surface area (Å²) in [6.07, 6.45) is 1.65. The smallest absolute Gasteiger partial charge is 0.265 e. The summed E-state index contributed by atoms with van der Waals surface area (Å²) in [5, 5.41) is 4.40. The molecule has 5 heteroatoms. The van der Waals surface area contributed by atoms with Crippen molar-refractivity contribution in [2.24, 2.45) is 0 Å². The van der Waals surface area contributed by atoms with Crippen molar-refractivity contribution >= 4 is 11.1 Å². The van der Waals surface area contributed by atoms with Crippen molar-refractivity contribution in [2.45, 2.75) is 46.0 Å². The first-order valence-electron chi connectivity index (χ1n) is 5.82. The van der Waals surface area contributed by atoms with E-state index in [4.69, 9.17) is 4.52 Å². The van der Waals surface area contributed by atoms with Crippen LogP contribution in [0.2, 0.25) is 0 Å². The minimum absolute atomic E-state index is 0.162. The molecule has 0 saturated carbocycles. The molecule has 0 radical (unpaired) electrons. The molecule has 0 fully saturated rings. The molecule has 0 aliphatic rings. The molecule has 5 nitrogen and oxygen atoms in total. The largest absolute Gasteiger partial charge is 0.335 e. The van der Waals surface area contributed by atoms with Crippen LogP contribution in [0.5, 0.6) is 0 Å². The van der Waals surface area contributed by atoms with Crippen molar-refractivity contribution in [2.75, 3.05) is 0 Å². The van der Waals surface area contributed by atoms with Crippen LogP contribution in [0.15, 0.2) is 9.32 Å². The van der Waals surface area contributed by atoms with Gasteiger partial charge >= 0.3 is 0 Å². The van der Waals surface area contributed by atoms with Gasteiger partial charge in [-0.1, -0.05) is 39.3 Å². The summed E-state index contributed by atoms with van der Waals surface area (Å²) in [5.41, 5.74) is 0.647. The quantitative estimate of drug-likeness (QED) is 0.865. The molecule has 0 amide bonds. The highest BCUT2D eigenvalue weighted by Crippen LogP contribution is 2.20. The molecule has 92 valence electrons. The molecule has 0 unspecified atom stereocenters. The molecule has 2 aromatic heterocycles. The monoisotopic (exact) mass is 235 g/mol. The molecule has 0 atom stereocenters. The van der Waals surface area contributed by atoms with Crippen molar-refractivity contribution in [3.63, 3.8) is 0 Å². The number of aromatic nitrogens is 3. The summed E-state index contributed by atoms with van der Waals surface area (Å²) in [6, 6.07) is 0. The Kier molecular flexibility index (Phi) is 2.77. The zero-order valence-electron chi connectivity index (χ0n) is 10.6. The molecule has 0 spiro atoms. The van der Waals surface area contributed by atoms with Gasteiger partial charge in [-0.2, -0.15) is 4.98 Å². The number of hydrogen-bond donors (Lipinski definition) is 1. The molecule has 2 rings (SSSR count). The lowest BCUT2D eigenvalue weighted by atomic mass is 9.96. The number of nitrogens with zero attached hydrogens (tertiary/aromatic N) is 2. The Balaban J connectivity index is 2.66. The lowest BCUT2D eigenvalue weighted by Crippen LogP contribution is -2.22. The van der Waals surface area contributed by atoms with E-state index in [-0.39, 0.29) is 11.0 Å². The molecule has 0 aliphatic carbocycles. The van der Waals surface area contributed by atoms with Crippen LogP contribution in [-0.4, -0.2) is 15.1 Å². The van der Waals surface area contributed by atoms with Crippen LogP contribution in [0.25, 0.3) is 11.1 Å². The SMILES string of the molecule is CCCc1noc2nc(C(C)(C)C)[nH]c(=O)c12. The first-order valence-corrected chi connectivity index (χ1v) is 5.82. The molecule has 0 bridgehead atoms. The van der Waals surface area contributed by atoms with Crippen LogP contribution >= 0.6 is 0 Å².